The van der Waals surface area contributed by atoms with Gasteiger partial charge in [-0.15, -0.1) is 0 Å². The number of anilines is 1. The first-order valence-corrected chi connectivity index (χ1v) is 14.3. The Morgan fingerprint density at radius 2 is 1.50 bits per heavy atom. The third-order valence-electron chi connectivity index (χ3n) is 7.41. The number of halogens is 1. The monoisotopic (exact) mass is 602 g/mol. The number of benzene rings is 5. The molecule has 1 aliphatic rings. The highest BCUT2D eigenvalue weighted by Gasteiger charge is 2.37. The molecule has 0 saturated carbocycles. The summed E-state index contributed by atoms with van der Waals surface area (Å²) in [6.07, 6.45) is 1.45. The van der Waals surface area contributed by atoms with E-state index in [1.165, 1.54) is 6.08 Å². The van der Waals surface area contributed by atoms with Crippen LogP contribution >= 0.6 is 11.6 Å². The van der Waals surface area contributed by atoms with E-state index in [2.05, 4.69) is 29.6 Å². The summed E-state index contributed by atoms with van der Waals surface area (Å²) in [5, 5.41) is 5.08. The molecular formula is C36H27ClN2O5. The zero-order chi connectivity index (χ0) is 30.6. The van der Waals surface area contributed by atoms with Crippen molar-refractivity contribution in [2.45, 2.75) is 20.1 Å². The molecule has 1 aliphatic heterocycles. The lowest BCUT2D eigenvalue weighted by atomic mass is 10.0. The summed E-state index contributed by atoms with van der Waals surface area (Å²) in [7, 11) is 0. The normalized spacial score (nSPS) is 14.2. The second kappa shape index (κ2) is 12.5. The quantitative estimate of drug-likeness (QED) is 0.146. The highest BCUT2D eigenvalue weighted by Crippen LogP contribution is 2.29. The highest BCUT2D eigenvalue weighted by molar-refractivity contribution is 6.39. The average Bonchev–Trinajstić information content (AvgIpc) is 3.03. The van der Waals surface area contributed by atoms with Crippen LogP contribution in [0.2, 0.25) is 5.02 Å². The summed E-state index contributed by atoms with van der Waals surface area (Å²) in [5.41, 5.74) is 3.59. The third-order valence-corrected chi connectivity index (χ3v) is 7.78. The van der Waals surface area contributed by atoms with Crippen LogP contribution in [0.3, 0.4) is 0 Å². The van der Waals surface area contributed by atoms with Crippen molar-refractivity contribution in [3.8, 4) is 11.5 Å². The molecule has 8 heteroatoms. The van der Waals surface area contributed by atoms with Gasteiger partial charge in [-0.3, -0.25) is 14.9 Å². The van der Waals surface area contributed by atoms with Gasteiger partial charge in [-0.2, -0.15) is 0 Å². The summed E-state index contributed by atoms with van der Waals surface area (Å²) in [5.74, 6) is -0.506. The lowest BCUT2D eigenvalue weighted by molar-refractivity contribution is -0.122. The van der Waals surface area contributed by atoms with E-state index in [-0.39, 0.29) is 17.9 Å². The van der Waals surface area contributed by atoms with Crippen LogP contribution in [0.15, 0.2) is 115 Å². The number of hydrogen-bond acceptors (Lipinski definition) is 5. The maximum atomic E-state index is 13.6. The lowest BCUT2D eigenvalue weighted by Gasteiger charge is -2.26. The largest absolute Gasteiger partial charge is 0.489 e. The molecule has 1 fully saturated rings. The molecular weight excluding hydrogens is 576 g/mol. The molecule has 0 unspecified atom stereocenters. The number of amides is 4. The van der Waals surface area contributed by atoms with E-state index in [0.717, 1.165) is 32.4 Å². The first-order valence-electron chi connectivity index (χ1n) is 14.0. The minimum absolute atomic E-state index is 0.193. The van der Waals surface area contributed by atoms with Gasteiger partial charge in [0.2, 0.25) is 0 Å². The van der Waals surface area contributed by atoms with Gasteiger partial charge in [-0.25, -0.2) is 9.69 Å². The number of nitrogens with one attached hydrogen (secondary N) is 1. The number of para-hydroxylation sites is 1. The second-order valence-corrected chi connectivity index (χ2v) is 10.6. The number of aryl methyl sites for hydroxylation is 1. The Hall–Kier alpha value is -5.40. The molecule has 5 aromatic rings. The predicted molar refractivity (Wildman–Crippen MR) is 171 cm³/mol. The van der Waals surface area contributed by atoms with Crippen LogP contribution in [0, 0.1) is 6.92 Å². The van der Waals surface area contributed by atoms with Crippen LogP contribution in [0.4, 0.5) is 10.5 Å². The zero-order valence-corrected chi connectivity index (χ0v) is 24.5. The molecule has 44 heavy (non-hydrogen) atoms. The Balaban J connectivity index is 1.22. The summed E-state index contributed by atoms with van der Waals surface area (Å²) in [6, 6.07) is 32.4. The van der Waals surface area contributed by atoms with Crippen LogP contribution in [0.1, 0.15) is 22.3 Å². The number of urea groups is 1. The fraction of sp³-hybridized carbons (Fsp3) is 0.0833. The maximum Gasteiger partial charge on any atom is 0.335 e. The van der Waals surface area contributed by atoms with Gasteiger partial charge in [0.25, 0.3) is 11.8 Å². The Bertz CT molecular complexity index is 1930. The first-order chi connectivity index (χ1) is 21.4. The zero-order valence-electron chi connectivity index (χ0n) is 23.8. The lowest BCUT2D eigenvalue weighted by Crippen LogP contribution is -2.54. The van der Waals surface area contributed by atoms with Crippen molar-refractivity contribution in [3.05, 3.63) is 142 Å². The van der Waals surface area contributed by atoms with E-state index in [1.54, 1.807) is 48.5 Å². The second-order valence-electron chi connectivity index (χ2n) is 10.2. The first kappa shape index (κ1) is 28.7. The number of fused-ring (bicyclic) bond motifs is 1. The van der Waals surface area contributed by atoms with Gasteiger partial charge in [-0.05, 0) is 65.7 Å². The minimum atomic E-state index is -0.835. The molecule has 0 atom stereocenters. The average molecular weight is 603 g/mol. The molecule has 0 bridgehead atoms. The van der Waals surface area contributed by atoms with Crippen LogP contribution in [0.5, 0.6) is 11.5 Å². The van der Waals surface area contributed by atoms with Gasteiger partial charge >= 0.3 is 6.03 Å². The standard InChI is InChI=1S/C36H27ClN2O5/c1-23-14-15-24-8-2-5-11-29(24)31(23)22-44-33-13-7-4-9-25(33)20-30-34(40)38-36(42)39(35(30)41)27-16-18-28(19-17-27)43-21-26-10-3-6-12-32(26)37/h2-20H,21-22H2,1H3,(H,38,40,42)/b30-20+. The predicted octanol–water partition coefficient (Wildman–Crippen LogP) is 7.63. The molecule has 0 spiro atoms. The van der Waals surface area contributed by atoms with Crippen LogP contribution in [0.25, 0.3) is 16.8 Å². The highest BCUT2D eigenvalue weighted by atomic mass is 35.5. The van der Waals surface area contributed by atoms with E-state index in [9.17, 15) is 14.4 Å². The van der Waals surface area contributed by atoms with Crippen molar-refractivity contribution in [2.24, 2.45) is 0 Å². The van der Waals surface area contributed by atoms with Gasteiger partial charge in [0.1, 0.15) is 30.3 Å². The fourth-order valence-corrected chi connectivity index (χ4v) is 5.22. The van der Waals surface area contributed by atoms with Gasteiger partial charge in [0, 0.05) is 21.7 Å². The van der Waals surface area contributed by atoms with Crippen molar-refractivity contribution in [3.63, 3.8) is 0 Å². The van der Waals surface area contributed by atoms with Gasteiger partial charge in [-0.1, -0.05) is 84.4 Å². The summed E-state index contributed by atoms with van der Waals surface area (Å²) >= 11 is 6.21. The molecule has 5 aromatic carbocycles. The number of nitrogens with zero attached hydrogens (tertiary/aromatic N) is 1. The molecule has 1 N–H and O–H groups in total. The van der Waals surface area contributed by atoms with Crippen molar-refractivity contribution in [2.75, 3.05) is 4.90 Å². The van der Waals surface area contributed by atoms with Crippen LogP contribution < -0.4 is 19.7 Å². The molecule has 218 valence electrons. The van der Waals surface area contributed by atoms with Crippen molar-refractivity contribution >= 4 is 52.0 Å². The number of carbonyl (C=O) groups excluding carboxylic acids is 3. The fourth-order valence-electron chi connectivity index (χ4n) is 5.03. The summed E-state index contributed by atoms with van der Waals surface area (Å²) in [4.78, 5) is 40.1. The Kier molecular flexibility index (Phi) is 8.12. The molecule has 0 aromatic heterocycles. The molecule has 0 radical (unpaired) electrons. The molecule has 6 rings (SSSR count). The van der Waals surface area contributed by atoms with E-state index in [1.807, 2.05) is 43.3 Å². The molecule has 4 amide bonds. The Labute approximate surface area is 259 Å². The molecule has 0 aliphatic carbocycles. The van der Waals surface area contributed by atoms with E-state index in [0.29, 0.717) is 28.7 Å². The number of rotatable bonds is 8. The van der Waals surface area contributed by atoms with E-state index >= 15 is 0 Å². The molecule has 7 nitrogen and oxygen atoms in total. The maximum absolute atomic E-state index is 13.6. The summed E-state index contributed by atoms with van der Waals surface area (Å²) in [6.45, 7) is 2.58. The Morgan fingerprint density at radius 1 is 0.773 bits per heavy atom. The number of carbonyl (C=O) groups is 3. The van der Waals surface area contributed by atoms with Crippen molar-refractivity contribution in [1.82, 2.24) is 5.32 Å². The molecule has 1 saturated heterocycles. The van der Waals surface area contributed by atoms with E-state index in [4.69, 9.17) is 21.1 Å². The van der Waals surface area contributed by atoms with Gasteiger partial charge in [0.15, 0.2) is 0 Å². The number of barbiturate groups is 1. The van der Waals surface area contributed by atoms with Crippen molar-refractivity contribution < 1.29 is 23.9 Å². The number of hydrogen-bond donors (Lipinski definition) is 1. The Morgan fingerprint density at radius 3 is 2.32 bits per heavy atom. The van der Waals surface area contributed by atoms with Crippen molar-refractivity contribution in [1.29, 1.82) is 0 Å². The SMILES string of the molecule is Cc1ccc2ccccc2c1COc1ccccc1/C=C1\C(=O)NC(=O)N(c2ccc(OCc3ccccc3Cl)cc2)C1=O. The van der Waals surface area contributed by atoms with Gasteiger partial charge < -0.3 is 9.47 Å². The topological polar surface area (TPSA) is 84.9 Å². The number of imide groups is 2. The number of ether oxygens (including phenoxy) is 2. The third kappa shape index (κ3) is 5.91. The smallest absolute Gasteiger partial charge is 0.335 e. The molecule has 1 heterocycles. The van der Waals surface area contributed by atoms with Gasteiger partial charge in [0.05, 0.1) is 5.69 Å². The summed E-state index contributed by atoms with van der Waals surface area (Å²) < 4.78 is 12.1. The van der Waals surface area contributed by atoms with Crippen LogP contribution in [-0.2, 0) is 22.8 Å². The minimum Gasteiger partial charge on any atom is -0.489 e. The van der Waals surface area contributed by atoms with Crippen LogP contribution in [-0.4, -0.2) is 17.8 Å². The van der Waals surface area contributed by atoms with E-state index < -0.39 is 17.8 Å².